The molecule has 0 spiro atoms. The second-order valence-electron chi connectivity index (χ2n) is 7.15. The van der Waals surface area contributed by atoms with E-state index in [1.165, 1.54) is 19.2 Å². The molecule has 0 atom stereocenters. The fourth-order valence-corrected chi connectivity index (χ4v) is 3.56. The Morgan fingerprint density at radius 3 is 2.77 bits per heavy atom. The smallest absolute Gasteiger partial charge is 0.318 e. The van der Waals surface area contributed by atoms with Crippen LogP contribution in [0.5, 0.6) is 11.8 Å². The van der Waals surface area contributed by atoms with Crippen molar-refractivity contribution in [3.63, 3.8) is 0 Å². The highest BCUT2D eigenvalue weighted by atomic mass is 35.5. The number of anilines is 2. The Morgan fingerprint density at radius 1 is 1.16 bits per heavy atom. The number of fused-ring (bicyclic) bond motifs is 1. The van der Waals surface area contributed by atoms with Gasteiger partial charge in [-0.2, -0.15) is 9.97 Å². The molecule has 1 aromatic heterocycles. The van der Waals surface area contributed by atoms with Gasteiger partial charge in [-0.15, -0.1) is 0 Å². The molecule has 0 bridgehead atoms. The molecule has 0 saturated carbocycles. The van der Waals surface area contributed by atoms with Crippen molar-refractivity contribution >= 4 is 34.0 Å². The van der Waals surface area contributed by atoms with Gasteiger partial charge in [-0.1, -0.05) is 11.6 Å². The Balaban J connectivity index is 1.49. The Morgan fingerprint density at radius 2 is 2.00 bits per heavy atom. The quantitative estimate of drug-likeness (QED) is 0.518. The molecule has 4 rings (SSSR count). The van der Waals surface area contributed by atoms with Crippen LogP contribution in [0.4, 0.5) is 15.9 Å². The lowest BCUT2D eigenvalue weighted by molar-refractivity contribution is 0.0358. The number of morpholine rings is 1. The molecule has 1 fully saturated rings. The number of methoxy groups -OCH3 is 1. The molecule has 9 heteroatoms. The van der Waals surface area contributed by atoms with Gasteiger partial charge in [0.05, 0.1) is 37.5 Å². The second-order valence-corrected chi connectivity index (χ2v) is 7.55. The van der Waals surface area contributed by atoms with Crippen LogP contribution >= 0.6 is 11.6 Å². The fourth-order valence-electron chi connectivity index (χ4n) is 3.38. The van der Waals surface area contributed by atoms with Gasteiger partial charge in [0.25, 0.3) is 0 Å². The highest BCUT2D eigenvalue weighted by molar-refractivity contribution is 6.31. The average Bonchev–Trinajstić information content (AvgIpc) is 2.80. The first-order valence-corrected chi connectivity index (χ1v) is 10.5. The Bertz CT molecular complexity index is 1050. The molecule has 0 aliphatic carbocycles. The van der Waals surface area contributed by atoms with Gasteiger partial charge in [0.1, 0.15) is 17.4 Å². The minimum absolute atomic E-state index is 0.0274. The number of benzene rings is 2. The molecule has 1 N–H and O–H groups in total. The standard InChI is InChI=1S/C22H24ClFN4O3/c1-29-22-26-20-6-4-16(31-10-2-7-28-8-11-30-12-9-28)14-17(20)21(27-22)25-15-3-5-19(24)18(23)13-15/h3-6,13-14H,2,7-12H2,1H3,(H,25,26,27). The van der Waals surface area contributed by atoms with E-state index in [-0.39, 0.29) is 11.0 Å². The first-order valence-electron chi connectivity index (χ1n) is 10.1. The lowest BCUT2D eigenvalue weighted by Crippen LogP contribution is -2.37. The highest BCUT2D eigenvalue weighted by Gasteiger charge is 2.12. The predicted octanol–water partition coefficient (Wildman–Crippen LogP) is 4.28. The maximum atomic E-state index is 13.5. The van der Waals surface area contributed by atoms with E-state index < -0.39 is 5.82 Å². The van der Waals surface area contributed by atoms with Crippen molar-refractivity contribution in [3.05, 3.63) is 47.2 Å². The van der Waals surface area contributed by atoms with Gasteiger partial charge < -0.3 is 19.5 Å². The number of halogens is 2. The van der Waals surface area contributed by atoms with Crippen molar-refractivity contribution in [2.75, 3.05) is 51.9 Å². The lowest BCUT2D eigenvalue weighted by atomic mass is 10.2. The number of nitrogens with zero attached hydrogens (tertiary/aromatic N) is 3. The zero-order chi connectivity index (χ0) is 21.6. The topological polar surface area (TPSA) is 68.7 Å². The van der Waals surface area contributed by atoms with Gasteiger partial charge in [-0.25, -0.2) is 4.39 Å². The summed E-state index contributed by atoms with van der Waals surface area (Å²) in [5.74, 6) is 0.761. The molecule has 0 amide bonds. The van der Waals surface area contributed by atoms with Crippen LogP contribution in [0.2, 0.25) is 5.02 Å². The summed E-state index contributed by atoms with van der Waals surface area (Å²) in [6.07, 6.45) is 0.927. The van der Waals surface area contributed by atoms with Crippen LogP contribution in [0.1, 0.15) is 6.42 Å². The van der Waals surface area contributed by atoms with E-state index in [4.69, 9.17) is 25.8 Å². The van der Waals surface area contributed by atoms with E-state index in [1.54, 1.807) is 6.07 Å². The zero-order valence-electron chi connectivity index (χ0n) is 17.2. The van der Waals surface area contributed by atoms with E-state index in [0.29, 0.717) is 23.6 Å². The summed E-state index contributed by atoms with van der Waals surface area (Å²) >= 11 is 5.91. The predicted molar refractivity (Wildman–Crippen MR) is 118 cm³/mol. The van der Waals surface area contributed by atoms with Crippen molar-refractivity contribution in [1.29, 1.82) is 0 Å². The molecule has 1 saturated heterocycles. The molecule has 31 heavy (non-hydrogen) atoms. The van der Waals surface area contributed by atoms with Gasteiger partial charge >= 0.3 is 6.01 Å². The van der Waals surface area contributed by atoms with Crippen molar-refractivity contribution in [2.24, 2.45) is 0 Å². The van der Waals surface area contributed by atoms with E-state index in [9.17, 15) is 4.39 Å². The first kappa shape index (κ1) is 21.5. The Kier molecular flexibility index (Phi) is 7.01. The molecule has 2 heterocycles. The number of aromatic nitrogens is 2. The number of nitrogens with one attached hydrogen (secondary N) is 1. The summed E-state index contributed by atoms with van der Waals surface area (Å²) in [5.41, 5.74) is 1.30. The van der Waals surface area contributed by atoms with Crippen LogP contribution < -0.4 is 14.8 Å². The molecule has 0 radical (unpaired) electrons. The van der Waals surface area contributed by atoms with E-state index in [2.05, 4.69) is 20.2 Å². The summed E-state index contributed by atoms with van der Waals surface area (Å²) in [6, 6.07) is 10.2. The maximum Gasteiger partial charge on any atom is 0.318 e. The van der Waals surface area contributed by atoms with Gasteiger partial charge in [-0.3, -0.25) is 4.90 Å². The van der Waals surface area contributed by atoms with Crippen LogP contribution in [0.3, 0.4) is 0 Å². The summed E-state index contributed by atoms with van der Waals surface area (Å²) in [7, 11) is 1.51. The molecular formula is C22H24ClFN4O3. The molecular weight excluding hydrogens is 423 g/mol. The third kappa shape index (κ3) is 5.52. The van der Waals surface area contributed by atoms with Crippen molar-refractivity contribution in [1.82, 2.24) is 14.9 Å². The van der Waals surface area contributed by atoms with Gasteiger partial charge in [-0.05, 0) is 42.8 Å². The molecule has 0 unspecified atom stereocenters. The number of hydrogen-bond acceptors (Lipinski definition) is 7. The number of rotatable bonds is 8. The fraction of sp³-hybridized carbons (Fsp3) is 0.364. The van der Waals surface area contributed by atoms with Crippen molar-refractivity contribution in [2.45, 2.75) is 6.42 Å². The van der Waals surface area contributed by atoms with Crippen LogP contribution in [0.25, 0.3) is 10.9 Å². The first-order chi connectivity index (χ1) is 15.1. The summed E-state index contributed by atoms with van der Waals surface area (Å²) in [5, 5.41) is 3.95. The normalized spacial score (nSPS) is 14.5. The van der Waals surface area contributed by atoms with Crippen molar-refractivity contribution < 1.29 is 18.6 Å². The van der Waals surface area contributed by atoms with Crippen LogP contribution in [-0.2, 0) is 4.74 Å². The van der Waals surface area contributed by atoms with E-state index in [1.807, 2.05) is 18.2 Å². The molecule has 7 nitrogen and oxygen atoms in total. The van der Waals surface area contributed by atoms with Gasteiger partial charge in [0.15, 0.2) is 0 Å². The summed E-state index contributed by atoms with van der Waals surface area (Å²) in [4.78, 5) is 11.2. The third-order valence-corrected chi connectivity index (χ3v) is 5.29. The minimum atomic E-state index is -0.481. The molecule has 3 aromatic rings. The second kappa shape index (κ2) is 10.1. The molecule has 1 aliphatic rings. The van der Waals surface area contributed by atoms with Crippen molar-refractivity contribution in [3.8, 4) is 11.8 Å². The van der Waals surface area contributed by atoms with E-state index >= 15 is 0 Å². The zero-order valence-corrected chi connectivity index (χ0v) is 18.0. The van der Waals surface area contributed by atoms with Gasteiger partial charge in [0, 0.05) is 30.7 Å². The van der Waals surface area contributed by atoms with Crippen LogP contribution in [0, 0.1) is 5.82 Å². The molecule has 2 aromatic carbocycles. The minimum Gasteiger partial charge on any atom is -0.494 e. The summed E-state index contributed by atoms with van der Waals surface area (Å²) < 4.78 is 30.0. The number of hydrogen-bond donors (Lipinski definition) is 1. The highest BCUT2D eigenvalue weighted by Crippen LogP contribution is 2.30. The van der Waals surface area contributed by atoms with Crippen LogP contribution in [0.15, 0.2) is 36.4 Å². The Hall–Kier alpha value is -2.68. The molecule has 164 valence electrons. The third-order valence-electron chi connectivity index (χ3n) is 5.00. The monoisotopic (exact) mass is 446 g/mol. The largest absolute Gasteiger partial charge is 0.494 e. The lowest BCUT2D eigenvalue weighted by Gasteiger charge is -2.26. The average molecular weight is 447 g/mol. The Labute approximate surface area is 185 Å². The number of ether oxygens (including phenoxy) is 3. The summed E-state index contributed by atoms with van der Waals surface area (Å²) in [6.45, 7) is 5.12. The van der Waals surface area contributed by atoms with Gasteiger partial charge in [0.2, 0.25) is 0 Å². The maximum absolute atomic E-state index is 13.5. The molecule has 1 aliphatic heterocycles. The van der Waals surface area contributed by atoms with Crippen LogP contribution in [-0.4, -0.2) is 61.4 Å². The SMILES string of the molecule is COc1nc(Nc2ccc(F)c(Cl)c2)c2cc(OCCCN3CCOCC3)ccc2n1. The van der Waals surface area contributed by atoms with E-state index in [0.717, 1.165) is 50.4 Å².